The van der Waals surface area contributed by atoms with Crippen molar-refractivity contribution in [3.05, 3.63) is 42.4 Å². The number of nitrogens with zero attached hydrogens (tertiary/aromatic N) is 6. The Bertz CT molecular complexity index is 1050. The number of benzene rings is 1. The lowest BCUT2D eigenvalue weighted by Gasteiger charge is -2.24. The van der Waals surface area contributed by atoms with Crippen LogP contribution in [0.15, 0.2) is 36.5 Å². The third-order valence-electron chi connectivity index (χ3n) is 6.00. The second-order valence-corrected chi connectivity index (χ2v) is 8.39. The lowest BCUT2D eigenvalue weighted by Crippen LogP contribution is -2.42. The van der Waals surface area contributed by atoms with Crippen molar-refractivity contribution in [3.8, 4) is 5.69 Å². The number of hydrogen-bond acceptors (Lipinski definition) is 5. The minimum atomic E-state index is 0.0105. The summed E-state index contributed by atoms with van der Waals surface area (Å²) in [5, 5.41) is 8.54. The average Bonchev–Trinajstić information content (AvgIpc) is 3.08. The van der Waals surface area contributed by atoms with E-state index in [4.69, 9.17) is 9.97 Å². The molecule has 1 aliphatic heterocycles. The van der Waals surface area contributed by atoms with E-state index in [0.29, 0.717) is 13.1 Å². The van der Waals surface area contributed by atoms with Crippen LogP contribution in [0, 0.1) is 0 Å². The van der Waals surface area contributed by atoms with Crippen molar-refractivity contribution in [1.82, 2.24) is 30.0 Å². The zero-order chi connectivity index (χ0) is 22.5. The van der Waals surface area contributed by atoms with E-state index in [1.54, 1.807) is 0 Å². The van der Waals surface area contributed by atoms with Crippen LogP contribution < -0.4 is 10.2 Å². The molecule has 170 valence electrons. The molecule has 1 saturated heterocycles. The number of carbonyl (C=O) groups is 1. The summed E-state index contributed by atoms with van der Waals surface area (Å²) in [5.41, 5.74) is 1.82. The first-order valence-corrected chi connectivity index (χ1v) is 11.7. The Morgan fingerprint density at radius 2 is 1.91 bits per heavy atom. The van der Waals surface area contributed by atoms with Gasteiger partial charge in [0.25, 0.3) is 0 Å². The first-order chi connectivity index (χ1) is 15.6. The summed E-state index contributed by atoms with van der Waals surface area (Å²) in [5.74, 6) is 2.05. The summed E-state index contributed by atoms with van der Waals surface area (Å²) in [6, 6.07) is 10.1. The van der Waals surface area contributed by atoms with Crippen LogP contribution in [0.4, 0.5) is 10.6 Å². The highest BCUT2D eigenvalue weighted by atomic mass is 16.2. The van der Waals surface area contributed by atoms with Crippen LogP contribution in [-0.4, -0.2) is 63.4 Å². The SMILES string of the molecule is CCCC(C)c1nc(N2CCCN(C(=O)NCC)CC2)c2cnn(-c3ccccc3)c2n1. The third kappa shape index (κ3) is 4.54. The largest absolute Gasteiger partial charge is 0.354 e. The Morgan fingerprint density at radius 1 is 1.09 bits per heavy atom. The number of carbonyl (C=O) groups excluding carboxylic acids is 1. The predicted molar refractivity (Wildman–Crippen MR) is 127 cm³/mol. The topological polar surface area (TPSA) is 79.2 Å². The Balaban J connectivity index is 1.73. The molecular weight excluding hydrogens is 402 g/mol. The zero-order valence-electron chi connectivity index (χ0n) is 19.3. The molecule has 1 fully saturated rings. The summed E-state index contributed by atoms with van der Waals surface area (Å²) < 4.78 is 1.90. The molecule has 1 unspecified atom stereocenters. The molecule has 0 spiro atoms. The van der Waals surface area contributed by atoms with E-state index in [-0.39, 0.29) is 11.9 Å². The standard InChI is InChI=1S/C24H33N7O/c1-4-10-18(3)21-27-22(29-13-9-14-30(16-15-29)24(32)25-5-2)20-17-26-31(23(20)28-21)19-11-7-6-8-12-19/h6-8,11-12,17-18H,4-5,9-10,13-16H2,1-3H3,(H,25,32). The zero-order valence-corrected chi connectivity index (χ0v) is 19.3. The molecule has 1 N–H and O–H groups in total. The molecule has 2 amide bonds. The highest BCUT2D eigenvalue weighted by molar-refractivity contribution is 5.88. The number of para-hydroxylation sites is 1. The van der Waals surface area contributed by atoms with Crippen molar-refractivity contribution in [2.45, 2.75) is 46.0 Å². The van der Waals surface area contributed by atoms with Crippen LogP contribution in [0.25, 0.3) is 16.7 Å². The number of anilines is 1. The molecule has 32 heavy (non-hydrogen) atoms. The van der Waals surface area contributed by atoms with E-state index in [1.807, 2.05) is 53.0 Å². The van der Waals surface area contributed by atoms with Gasteiger partial charge in [-0.05, 0) is 31.9 Å². The number of urea groups is 1. The molecule has 1 aromatic carbocycles. The minimum Gasteiger partial charge on any atom is -0.354 e. The fourth-order valence-electron chi connectivity index (χ4n) is 4.29. The van der Waals surface area contributed by atoms with Gasteiger partial charge in [-0.15, -0.1) is 0 Å². The Kier molecular flexibility index (Phi) is 6.87. The molecule has 0 bridgehead atoms. The Labute approximate surface area is 189 Å². The summed E-state index contributed by atoms with van der Waals surface area (Å²) in [7, 11) is 0. The molecule has 0 radical (unpaired) electrons. The third-order valence-corrected chi connectivity index (χ3v) is 6.00. The maximum absolute atomic E-state index is 12.3. The number of amides is 2. The molecule has 3 heterocycles. The number of aromatic nitrogens is 4. The van der Waals surface area contributed by atoms with Crippen LogP contribution in [0.3, 0.4) is 0 Å². The molecule has 8 nitrogen and oxygen atoms in total. The van der Waals surface area contributed by atoms with Crippen LogP contribution in [0.2, 0.25) is 0 Å². The summed E-state index contributed by atoms with van der Waals surface area (Å²) in [6.45, 7) is 9.97. The normalized spacial score (nSPS) is 15.6. The van der Waals surface area contributed by atoms with Gasteiger partial charge in [0.2, 0.25) is 0 Å². The van der Waals surface area contributed by atoms with Gasteiger partial charge in [-0.2, -0.15) is 5.10 Å². The summed E-state index contributed by atoms with van der Waals surface area (Å²) in [4.78, 5) is 26.5. The second-order valence-electron chi connectivity index (χ2n) is 8.39. The van der Waals surface area contributed by atoms with Crippen molar-refractivity contribution >= 4 is 22.9 Å². The minimum absolute atomic E-state index is 0.0105. The van der Waals surface area contributed by atoms with E-state index >= 15 is 0 Å². The number of nitrogens with one attached hydrogen (secondary N) is 1. The molecule has 3 aromatic rings. The van der Waals surface area contributed by atoms with Crippen LogP contribution in [0.5, 0.6) is 0 Å². The smallest absolute Gasteiger partial charge is 0.317 e. The molecule has 1 atom stereocenters. The van der Waals surface area contributed by atoms with Gasteiger partial charge in [-0.1, -0.05) is 38.5 Å². The maximum atomic E-state index is 12.3. The van der Waals surface area contributed by atoms with Gasteiger partial charge >= 0.3 is 6.03 Å². The van der Waals surface area contributed by atoms with Crippen molar-refractivity contribution < 1.29 is 4.79 Å². The van der Waals surface area contributed by atoms with Crippen LogP contribution in [-0.2, 0) is 0 Å². The fourth-order valence-corrected chi connectivity index (χ4v) is 4.29. The van der Waals surface area contributed by atoms with Gasteiger partial charge < -0.3 is 15.1 Å². The first kappa shape index (κ1) is 22.0. The fraction of sp³-hybridized carbons (Fsp3) is 0.500. The molecule has 8 heteroatoms. The van der Waals surface area contributed by atoms with E-state index < -0.39 is 0 Å². The molecule has 0 saturated carbocycles. The molecule has 0 aliphatic carbocycles. The van der Waals surface area contributed by atoms with E-state index in [2.05, 4.69) is 29.2 Å². The lowest BCUT2D eigenvalue weighted by molar-refractivity contribution is 0.202. The van der Waals surface area contributed by atoms with E-state index in [0.717, 1.165) is 67.3 Å². The summed E-state index contributed by atoms with van der Waals surface area (Å²) >= 11 is 0. The number of rotatable bonds is 6. The van der Waals surface area contributed by atoms with Crippen molar-refractivity contribution in [1.29, 1.82) is 0 Å². The summed E-state index contributed by atoms with van der Waals surface area (Å²) in [6.07, 6.45) is 4.89. The number of hydrogen-bond donors (Lipinski definition) is 1. The van der Waals surface area contributed by atoms with Gasteiger partial charge in [-0.25, -0.2) is 19.4 Å². The Morgan fingerprint density at radius 3 is 2.66 bits per heavy atom. The highest BCUT2D eigenvalue weighted by Crippen LogP contribution is 2.29. The molecular formula is C24H33N7O. The average molecular weight is 436 g/mol. The second kappa shape index (κ2) is 9.97. The Hall–Kier alpha value is -3.16. The molecule has 4 rings (SSSR count). The van der Waals surface area contributed by atoms with Gasteiger partial charge in [-0.3, -0.25) is 0 Å². The van der Waals surface area contributed by atoms with E-state index in [9.17, 15) is 4.79 Å². The van der Waals surface area contributed by atoms with Gasteiger partial charge in [0.15, 0.2) is 5.65 Å². The van der Waals surface area contributed by atoms with E-state index in [1.165, 1.54) is 0 Å². The van der Waals surface area contributed by atoms with Gasteiger partial charge in [0, 0.05) is 38.6 Å². The maximum Gasteiger partial charge on any atom is 0.317 e. The van der Waals surface area contributed by atoms with Crippen LogP contribution >= 0.6 is 0 Å². The highest BCUT2D eigenvalue weighted by Gasteiger charge is 2.24. The quantitative estimate of drug-likeness (QED) is 0.634. The monoisotopic (exact) mass is 435 g/mol. The van der Waals surface area contributed by atoms with Crippen LogP contribution in [0.1, 0.15) is 51.8 Å². The predicted octanol–water partition coefficient (Wildman–Crippen LogP) is 3.96. The molecule has 1 aliphatic rings. The van der Waals surface area contributed by atoms with Crippen molar-refractivity contribution in [3.63, 3.8) is 0 Å². The van der Waals surface area contributed by atoms with Crippen molar-refractivity contribution in [2.24, 2.45) is 0 Å². The van der Waals surface area contributed by atoms with Crippen molar-refractivity contribution in [2.75, 3.05) is 37.6 Å². The first-order valence-electron chi connectivity index (χ1n) is 11.7. The van der Waals surface area contributed by atoms with Gasteiger partial charge in [0.1, 0.15) is 11.6 Å². The van der Waals surface area contributed by atoms with Gasteiger partial charge in [0.05, 0.1) is 17.3 Å². The number of fused-ring (bicyclic) bond motifs is 1. The lowest BCUT2D eigenvalue weighted by atomic mass is 10.1. The molecule has 2 aromatic heterocycles.